The predicted molar refractivity (Wildman–Crippen MR) is 223 cm³/mol. The van der Waals surface area contributed by atoms with Crippen LogP contribution in [0.5, 0.6) is 0 Å². The molecule has 3 aliphatic rings. The lowest BCUT2D eigenvalue weighted by atomic mass is 9.76. The number of fused-ring (bicyclic) bond motifs is 1. The van der Waals surface area contributed by atoms with Gasteiger partial charge in [-0.15, -0.1) is 0 Å². The first-order valence-electron chi connectivity index (χ1n) is 22.6. The number of allylic oxidation sites excluding steroid dienone is 8. The van der Waals surface area contributed by atoms with E-state index in [1.165, 1.54) is 161 Å². The quantitative estimate of drug-likeness (QED) is 0.0529. The topological polar surface area (TPSA) is 21.7 Å². The van der Waals surface area contributed by atoms with Gasteiger partial charge in [-0.25, -0.2) is 0 Å². The summed E-state index contributed by atoms with van der Waals surface area (Å²) in [6.07, 6.45) is 60.2. The molecule has 0 amide bonds. The number of ether oxygens (including phenoxy) is 2. The molecule has 1 saturated heterocycles. The Hall–Kier alpha value is -1.16. The summed E-state index contributed by atoms with van der Waals surface area (Å²) in [5.41, 5.74) is 0.435. The normalized spacial score (nSPS) is 21.7. The van der Waals surface area contributed by atoms with Gasteiger partial charge >= 0.3 is 0 Å². The van der Waals surface area contributed by atoms with E-state index in [1.54, 1.807) is 0 Å². The monoisotopic (exact) mass is 708 g/mol. The first-order valence-corrected chi connectivity index (χ1v) is 22.6. The summed E-state index contributed by atoms with van der Waals surface area (Å²) in [6, 6.07) is 0.611. The molecule has 3 rings (SSSR count). The van der Waals surface area contributed by atoms with Crippen molar-refractivity contribution in [1.82, 2.24) is 4.90 Å². The fourth-order valence-corrected chi connectivity index (χ4v) is 9.12. The van der Waals surface area contributed by atoms with Crippen LogP contribution in [-0.4, -0.2) is 43.0 Å². The number of rotatable bonds is 31. The van der Waals surface area contributed by atoms with Gasteiger partial charge in [-0.1, -0.05) is 152 Å². The molecule has 1 aliphatic heterocycles. The Morgan fingerprint density at radius 2 is 0.882 bits per heavy atom. The first-order chi connectivity index (χ1) is 25.0. The second kappa shape index (κ2) is 27.4. The van der Waals surface area contributed by atoms with E-state index in [0.717, 1.165) is 38.5 Å². The highest BCUT2D eigenvalue weighted by Gasteiger charge is 2.58. The Labute approximate surface area is 318 Å². The Morgan fingerprint density at radius 1 is 0.490 bits per heavy atom. The molecule has 3 nitrogen and oxygen atoms in total. The highest BCUT2D eigenvalue weighted by Crippen LogP contribution is 2.57. The standard InChI is InChI=1S/C48H85NO2/c1-5-7-9-11-13-15-17-19-21-23-25-27-29-31-33-35-37-47(39-40-48(43-47)50-45-41-44(49(3)4)42-46(45)51-48)38-36-34-32-30-28-26-24-22-20-18-16-14-12-10-8-6-2/h13-16,19-22,44-46H,5-12,17-18,23-43H2,1-4H3/b15-13-,16-14-,21-19-,22-20-/t44?,45-,46-,48?/m1/s1. The summed E-state index contributed by atoms with van der Waals surface area (Å²) in [7, 11) is 4.42. The van der Waals surface area contributed by atoms with Gasteiger partial charge < -0.3 is 14.4 Å². The lowest BCUT2D eigenvalue weighted by molar-refractivity contribution is -0.182. The van der Waals surface area contributed by atoms with E-state index in [1.807, 2.05) is 0 Å². The van der Waals surface area contributed by atoms with Crippen LogP contribution in [-0.2, 0) is 9.47 Å². The van der Waals surface area contributed by atoms with Crippen LogP contribution >= 0.6 is 0 Å². The van der Waals surface area contributed by atoms with Crippen LogP contribution in [0, 0.1) is 5.41 Å². The van der Waals surface area contributed by atoms with Crippen LogP contribution in [0.25, 0.3) is 0 Å². The Bertz CT molecular complexity index is 900. The molecule has 1 heterocycles. The van der Waals surface area contributed by atoms with Gasteiger partial charge in [0.15, 0.2) is 5.79 Å². The fraction of sp³-hybridized carbons (Fsp3) is 0.833. The number of hydrogen-bond donors (Lipinski definition) is 0. The number of unbranched alkanes of at least 4 members (excludes halogenated alkanes) is 18. The molecule has 1 spiro atoms. The minimum Gasteiger partial charge on any atom is -0.344 e. The van der Waals surface area contributed by atoms with Gasteiger partial charge in [0.05, 0.1) is 12.2 Å². The first kappa shape index (κ1) is 44.2. The van der Waals surface area contributed by atoms with Gasteiger partial charge in [0.1, 0.15) is 0 Å². The number of nitrogens with zero attached hydrogens (tertiary/aromatic N) is 1. The van der Waals surface area contributed by atoms with Crippen LogP contribution in [0.3, 0.4) is 0 Å². The molecular weight excluding hydrogens is 623 g/mol. The van der Waals surface area contributed by atoms with E-state index >= 15 is 0 Å². The smallest absolute Gasteiger partial charge is 0.169 e. The van der Waals surface area contributed by atoms with Crippen LogP contribution in [0.2, 0.25) is 0 Å². The largest absolute Gasteiger partial charge is 0.344 e. The third-order valence-corrected chi connectivity index (χ3v) is 12.4. The molecule has 0 aromatic carbocycles. The van der Waals surface area contributed by atoms with Crippen LogP contribution < -0.4 is 0 Å². The minimum atomic E-state index is -0.274. The molecule has 0 aromatic heterocycles. The average molecular weight is 708 g/mol. The molecule has 2 atom stereocenters. The highest BCUT2D eigenvalue weighted by atomic mass is 16.8. The van der Waals surface area contributed by atoms with Crippen molar-refractivity contribution in [2.75, 3.05) is 14.1 Å². The molecule has 2 saturated carbocycles. The predicted octanol–water partition coefficient (Wildman–Crippen LogP) is 14.8. The molecule has 51 heavy (non-hydrogen) atoms. The second-order valence-electron chi connectivity index (χ2n) is 17.2. The van der Waals surface area contributed by atoms with Gasteiger partial charge in [-0.2, -0.15) is 0 Å². The van der Waals surface area contributed by atoms with Crippen molar-refractivity contribution < 1.29 is 9.47 Å². The Balaban J connectivity index is 1.29. The average Bonchev–Trinajstić information content (AvgIpc) is 3.79. The zero-order chi connectivity index (χ0) is 36.3. The SMILES string of the molecule is CCCCC/C=C\C/C=C\CCCCCCCCC1(CCCCCCCC/C=C\C/C=C\CCCCC)CCC2(C1)O[C@@H]1CC(N(C)C)C[C@H]1O2. The summed E-state index contributed by atoms with van der Waals surface area (Å²) < 4.78 is 13.7. The fourth-order valence-electron chi connectivity index (χ4n) is 9.12. The minimum absolute atomic E-state index is 0.274. The molecule has 0 aromatic rings. The molecule has 2 aliphatic carbocycles. The maximum atomic E-state index is 6.87. The van der Waals surface area contributed by atoms with Crippen molar-refractivity contribution in [2.45, 2.75) is 237 Å². The van der Waals surface area contributed by atoms with Gasteiger partial charge in [0.25, 0.3) is 0 Å². The van der Waals surface area contributed by atoms with Crippen molar-refractivity contribution in [3.8, 4) is 0 Å². The lowest BCUT2D eigenvalue weighted by Crippen LogP contribution is -2.33. The van der Waals surface area contributed by atoms with Gasteiger partial charge in [0.2, 0.25) is 0 Å². The van der Waals surface area contributed by atoms with Crippen molar-refractivity contribution in [3.63, 3.8) is 0 Å². The van der Waals surface area contributed by atoms with Crippen molar-refractivity contribution in [3.05, 3.63) is 48.6 Å². The molecule has 0 N–H and O–H groups in total. The maximum absolute atomic E-state index is 6.87. The zero-order valence-corrected chi connectivity index (χ0v) is 34.5. The summed E-state index contributed by atoms with van der Waals surface area (Å²) in [5.74, 6) is -0.274. The highest BCUT2D eigenvalue weighted by molar-refractivity contribution is 5.03. The van der Waals surface area contributed by atoms with Crippen molar-refractivity contribution in [2.24, 2.45) is 5.41 Å². The molecular formula is C48H85NO2. The lowest BCUT2D eigenvalue weighted by Gasteiger charge is -2.33. The van der Waals surface area contributed by atoms with E-state index in [4.69, 9.17) is 9.47 Å². The Morgan fingerprint density at radius 3 is 1.29 bits per heavy atom. The van der Waals surface area contributed by atoms with Crippen molar-refractivity contribution >= 4 is 0 Å². The summed E-state index contributed by atoms with van der Waals surface area (Å²) >= 11 is 0. The summed E-state index contributed by atoms with van der Waals surface area (Å²) in [4.78, 5) is 2.37. The molecule has 294 valence electrons. The van der Waals surface area contributed by atoms with Gasteiger partial charge in [-0.05, 0) is 116 Å². The Kier molecular flexibility index (Phi) is 23.8. The molecule has 0 bridgehead atoms. The van der Waals surface area contributed by atoms with E-state index < -0.39 is 0 Å². The van der Waals surface area contributed by atoms with Crippen LogP contribution in [0.4, 0.5) is 0 Å². The second-order valence-corrected chi connectivity index (χ2v) is 17.2. The molecule has 0 radical (unpaired) electrons. The van der Waals surface area contributed by atoms with Crippen LogP contribution in [0.1, 0.15) is 213 Å². The number of hydrogen-bond acceptors (Lipinski definition) is 3. The summed E-state index contributed by atoms with van der Waals surface area (Å²) in [6.45, 7) is 4.55. The van der Waals surface area contributed by atoms with E-state index in [2.05, 4.69) is 81.5 Å². The van der Waals surface area contributed by atoms with E-state index in [0.29, 0.717) is 23.7 Å². The third-order valence-electron chi connectivity index (χ3n) is 12.4. The van der Waals surface area contributed by atoms with Crippen molar-refractivity contribution in [1.29, 1.82) is 0 Å². The van der Waals surface area contributed by atoms with Gasteiger partial charge in [0, 0.05) is 18.9 Å². The zero-order valence-electron chi connectivity index (χ0n) is 34.5. The molecule has 3 heteroatoms. The molecule has 0 unspecified atom stereocenters. The summed E-state index contributed by atoms with van der Waals surface area (Å²) in [5, 5.41) is 0. The molecule has 3 fully saturated rings. The van der Waals surface area contributed by atoms with E-state index in [-0.39, 0.29) is 5.79 Å². The maximum Gasteiger partial charge on any atom is 0.169 e. The van der Waals surface area contributed by atoms with Gasteiger partial charge in [-0.3, -0.25) is 0 Å². The van der Waals surface area contributed by atoms with Crippen LogP contribution in [0.15, 0.2) is 48.6 Å². The van der Waals surface area contributed by atoms with E-state index in [9.17, 15) is 0 Å². The third kappa shape index (κ3) is 18.6.